The Morgan fingerprint density at radius 2 is 1.54 bits per heavy atom. The third kappa shape index (κ3) is 5.91. The van der Waals surface area contributed by atoms with Crippen LogP contribution in [0.5, 0.6) is 0 Å². The molecule has 0 aliphatic carbocycles. The third-order valence-electron chi connectivity index (χ3n) is 6.31. The largest absolute Gasteiger partial charge is 0.478 e. The van der Waals surface area contributed by atoms with Gasteiger partial charge < -0.3 is 5.11 Å². The van der Waals surface area contributed by atoms with Crippen LogP contribution in [0.15, 0.2) is 96.3 Å². The molecular weight excluding hydrogens is 481 g/mol. The highest BCUT2D eigenvalue weighted by molar-refractivity contribution is 5.88. The second-order valence-corrected chi connectivity index (χ2v) is 8.73. The van der Waals surface area contributed by atoms with Crippen molar-refractivity contribution in [3.63, 3.8) is 0 Å². The standard InChI is InChI=1S/C29H23F3N2O3/c1-18-16-23(14-15-33-18)27(34-37)17-25(24-4-2-3-5-26(24)29(30,31)32)21-10-6-19(7-11-21)20-8-12-22(13-9-20)28(35)36/h2-16,25,27H,17H2,1H3,(H,35,36). The number of carboxylic acid groups (broad SMARTS) is 1. The average Bonchev–Trinajstić information content (AvgIpc) is 2.89. The van der Waals surface area contributed by atoms with Gasteiger partial charge in [0.05, 0.1) is 11.1 Å². The maximum absolute atomic E-state index is 14.0. The number of pyridine rings is 1. The number of aromatic nitrogens is 1. The number of nitrogens with zero attached hydrogens (tertiary/aromatic N) is 2. The molecule has 188 valence electrons. The van der Waals surface area contributed by atoms with Gasteiger partial charge in [-0.1, -0.05) is 59.8 Å². The minimum absolute atomic E-state index is 0.0344. The predicted molar refractivity (Wildman–Crippen MR) is 134 cm³/mol. The maximum atomic E-state index is 14.0. The smallest absolute Gasteiger partial charge is 0.416 e. The number of rotatable bonds is 8. The van der Waals surface area contributed by atoms with Crippen LogP contribution in [-0.2, 0) is 6.18 Å². The Bertz CT molecular complexity index is 1400. The molecule has 1 heterocycles. The van der Waals surface area contributed by atoms with Crippen LogP contribution in [0, 0.1) is 11.8 Å². The fraction of sp³-hybridized carbons (Fsp3) is 0.172. The van der Waals surface area contributed by atoms with Crippen LogP contribution < -0.4 is 0 Å². The molecule has 1 aromatic heterocycles. The van der Waals surface area contributed by atoms with Crippen molar-refractivity contribution in [2.45, 2.75) is 31.5 Å². The molecular formula is C29H23F3N2O3. The number of aryl methyl sites for hydroxylation is 1. The maximum Gasteiger partial charge on any atom is 0.416 e. The molecule has 0 fully saturated rings. The normalized spacial score (nSPS) is 13.1. The lowest BCUT2D eigenvalue weighted by atomic mass is 9.81. The lowest BCUT2D eigenvalue weighted by molar-refractivity contribution is -0.138. The first kappa shape index (κ1) is 25.8. The van der Waals surface area contributed by atoms with E-state index in [-0.39, 0.29) is 17.5 Å². The number of alkyl halides is 3. The van der Waals surface area contributed by atoms with Crippen molar-refractivity contribution in [3.8, 4) is 11.1 Å². The second-order valence-electron chi connectivity index (χ2n) is 8.73. The first-order valence-electron chi connectivity index (χ1n) is 11.5. The molecule has 0 radical (unpaired) electrons. The van der Waals surface area contributed by atoms with Crippen molar-refractivity contribution in [1.29, 1.82) is 0 Å². The Kier molecular flexibility index (Phi) is 7.47. The molecule has 3 aromatic carbocycles. The predicted octanol–water partition coefficient (Wildman–Crippen LogP) is 7.80. The van der Waals surface area contributed by atoms with E-state index in [1.165, 1.54) is 24.3 Å². The van der Waals surface area contributed by atoms with Crippen molar-refractivity contribution < 1.29 is 23.1 Å². The molecule has 8 heteroatoms. The molecule has 0 saturated heterocycles. The SMILES string of the molecule is Cc1cc(C(CC(c2ccc(-c3ccc(C(=O)O)cc3)cc2)c2ccccc2C(F)(F)F)N=O)ccn1. The van der Waals surface area contributed by atoms with Crippen LogP contribution in [0.3, 0.4) is 0 Å². The van der Waals surface area contributed by atoms with Crippen LogP contribution in [0.4, 0.5) is 13.2 Å². The van der Waals surface area contributed by atoms with Crippen LogP contribution in [0.2, 0.25) is 0 Å². The van der Waals surface area contributed by atoms with E-state index < -0.39 is 29.7 Å². The molecule has 0 amide bonds. The number of benzene rings is 3. The van der Waals surface area contributed by atoms with Gasteiger partial charge in [-0.25, -0.2) is 4.79 Å². The summed E-state index contributed by atoms with van der Waals surface area (Å²) < 4.78 is 41.9. The van der Waals surface area contributed by atoms with Gasteiger partial charge in [-0.2, -0.15) is 18.1 Å². The number of hydrogen-bond acceptors (Lipinski definition) is 4. The fourth-order valence-corrected chi connectivity index (χ4v) is 4.45. The van der Waals surface area contributed by atoms with Crippen LogP contribution in [0.25, 0.3) is 11.1 Å². The number of aromatic carboxylic acids is 1. The molecule has 2 unspecified atom stereocenters. The second kappa shape index (κ2) is 10.7. The zero-order chi connectivity index (χ0) is 26.6. The average molecular weight is 505 g/mol. The Balaban J connectivity index is 1.76. The van der Waals surface area contributed by atoms with E-state index in [2.05, 4.69) is 10.2 Å². The number of carbonyl (C=O) groups is 1. The van der Waals surface area contributed by atoms with E-state index in [1.54, 1.807) is 67.7 Å². The summed E-state index contributed by atoms with van der Waals surface area (Å²) in [6.45, 7) is 1.77. The number of carboxylic acids is 1. The quantitative estimate of drug-likeness (QED) is 0.248. The van der Waals surface area contributed by atoms with E-state index >= 15 is 0 Å². The number of nitroso groups, excluding NO2 is 1. The van der Waals surface area contributed by atoms with Gasteiger partial charge in [-0.3, -0.25) is 4.98 Å². The molecule has 37 heavy (non-hydrogen) atoms. The van der Waals surface area contributed by atoms with Gasteiger partial charge in [0, 0.05) is 17.8 Å². The van der Waals surface area contributed by atoms with E-state index in [0.717, 1.165) is 17.2 Å². The van der Waals surface area contributed by atoms with Gasteiger partial charge in [0.2, 0.25) is 0 Å². The Hall–Kier alpha value is -4.33. The summed E-state index contributed by atoms with van der Waals surface area (Å²) in [5.41, 5.74) is 2.87. The fourth-order valence-electron chi connectivity index (χ4n) is 4.45. The Morgan fingerprint density at radius 1 is 0.919 bits per heavy atom. The Labute approximate surface area is 211 Å². The van der Waals surface area contributed by atoms with Gasteiger partial charge in [0.15, 0.2) is 0 Å². The molecule has 4 rings (SSSR count). The van der Waals surface area contributed by atoms with Crippen LogP contribution in [0.1, 0.15) is 56.7 Å². The Morgan fingerprint density at radius 3 is 2.11 bits per heavy atom. The van der Waals surface area contributed by atoms with Crippen LogP contribution >= 0.6 is 0 Å². The summed E-state index contributed by atoms with van der Waals surface area (Å²) in [7, 11) is 0. The minimum atomic E-state index is -4.57. The van der Waals surface area contributed by atoms with Gasteiger partial charge in [0.1, 0.15) is 6.04 Å². The highest BCUT2D eigenvalue weighted by Gasteiger charge is 2.36. The van der Waals surface area contributed by atoms with Crippen molar-refractivity contribution in [2.24, 2.45) is 5.18 Å². The summed E-state index contributed by atoms with van der Waals surface area (Å²) in [5.74, 6) is -1.80. The van der Waals surface area contributed by atoms with Gasteiger partial charge in [-0.05, 0) is 71.5 Å². The molecule has 5 nitrogen and oxygen atoms in total. The third-order valence-corrected chi connectivity index (χ3v) is 6.31. The lowest BCUT2D eigenvalue weighted by Gasteiger charge is -2.24. The lowest BCUT2D eigenvalue weighted by Crippen LogP contribution is -2.15. The van der Waals surface area contributed by atoms with E-state index in [1.807, 2.05) is 0 Å². The van der Waals surface area contributed by atoms with Crippen molar-refractivity contribution in [2.75, 3.05) is 0 Å². The topological polar surface area (TPSA) is 79.6 Å². The first-order valence-corrected chi connectivity index (χ1v) is 11.5. The van der Waals surface area contributed by atoms with Gasteiger partial charge in [-0.15, -0.1) is 0 Å². The van der Waals surface area contributed by atoms with E-state index in [0.29, 0.717) is 16.8 Å². The molecule has 0 aliphatic heterocycles. The zero-order valence-corrected chi connectivity index (χ0v) is 19.8. The van der Waals surface area contributed by atoms with Crippen molar-refractivity contribution in [3.05, 3.63) is 130 Å². The van der Waals surface area contributed by atoms with Crippen molar-refractivity contribution >= 4 is 5.97 Å². The highest BCUT2D eigenvalue weighted by atomic mass is 19.4. The minimum Gasteiger partial charge on any atom is -0.478 e. The molecule has 0 aliphatic rings. The molecule has 1 N–H and O–H groups in total. The highest BCUT2D eigenvalue weighted by Crippen LogP contribution is 2.42. The van der Waals surface area contributed by atoms with Gasteiger partial charge in [0.25, 0.3) is 0 Å². The number of halogens is 3. The molecule has 0 spiro atoms. The van der Waals surface area contributed by atoms with Gasteiger partial charge >= 0.3 is 12.1 Å². The monoisotopic (exact) mass is 504 g/mol. The van der Waals surface area contributed by atoms with Crippen molar-refractivity contribution in [1.82, 2.24) is 4.98 Å². The first-order chi connectivity index (χ1) is 17.7. The van der Waals surface area contributed by atoms with Crippen LogP contribution in [-0.4, -0.2) is 16.1 Å². The summed E-state index contributed by atoms with van der Waals surface area (Å²) in [4.78, 5) is 27.1. The summed E-state index contributed by atoms with van der Waals surface area (Å²) in [5, 5.41) is 12.4. The molecule has 2 atom stereocenters. The summed E-state index contributed by atoms with van der Waals surface area (Å²) in [6, 6.07) is 21.2. The molecule has 0 saturated carbocycles. The number of hydrogen-bond donors (Lipinski definition) is 1. The van der Waals surface area contributed by atoms with E-state index in [9.17, 15) is 22.9 Å². The summed E-state index contributed by atoms with van der Waals surface area (Å²) in [6.07, 6.45) is -2.99. The molecule has 4 aromatic rings. The molecule has 0 bridgehead atoms. The van der Waals surface area contributed by atoms with E-state index in [4.69, 9.17) is 5.11 Å². The summed E-state index contributed by atoms with van der Waals surface area (Å²) >= 11 is 0. The zero-order valence-electron chi connectivity index (χ0n) is 19.8.